The topological polar surface area (TPSA) is 72.9 Å². The first kappa shape index (κ1) is 25.7. The molecule has 0 unspecified atom stereocenters. The number of thiazole rings is 1. The number of aryl methyl sites for hydroxylation is 1. The molecule has 0 aliphatic carbocycles. The lowest BCUT2D eigenvalue weighted by Crippen LogP contribution is -2.27. The average Bonchev–Trinajstić information content (AvgIpc) is 3.32. The molecule has 0 aliphatic rings. The van der Waals surface area contributed by atoms with E-state index in [1.54, 1.807) is 21.3 Å². The maximum absolute atomic E-state index is 12.3. The Kier molecular flexibility index (Phi) is 9.88. The molecule has 0 fully saturated rings. The Balaban J connectivity index is 1.70. The quantitative estimate of drug-likeness (QED) is 0.369. The minimum atomic E-state index is -0.171. The summed E-state index contributed by atoms with van der Waals surface area (Å²) in [4.78, 5) is 19.2. The lowest BCUT2D eigenvalue weighted by atomic mass is 10.1. The van der Waals surface area contributed by atoms with Crippen LogP contribution in [0.2, 0.25) is 0 Å². The number of ether oxygens (including phenoxy) is 3. The Hall–Kier alpha value is -2.94. The van der Waals surface area contributed by atoms with E-state index in [0.717, 1.165) is 36.0 Å². The average molecular weight is 484 g/mol. The standard InChI is InChI=1S/C26H33N3O4S/c1-19-5-7-21(8-6-19)16-29(13-11-20-9-10-23(32-3)24(15-20)33-4)17-25-28-22(18-34-25)26(30)27-12-14-31-2/h5-10,15,18H,11-14,16-17H2,1-4H3,(H,27,30). The summed E-state index contributed by atoms with van der Waals surface area (Å²) in [5.74, 6) is 1.28. The monoisotopic (exact) mass is 483 g/mol. The van der Waals surface area contributed by atoms with Gasteiger partial charge in [-0.05, 0) is 36.6 Å². The number of benzene rings is 2. The van der Waals surface area contributed by atoms with E-state index in [2.05, 4.69) is 52.5 Å². The molecular weight excluding hydrogens is 450 g/mol. The second-order valence-corrected chi connectivity index (χ2v) is 8.95. The first-order valence-electron chi connectivity index (χ1n) is 11.2. The zero-order valence-corrected chi connectivity index (χ0v) is 21.1. The predicted molar refractivity (Wildman–Crippen MR) is 135 cm³/mol. The van der Waals surface area contributed by atoms with Gasteiger partial charge >= 0.3 is 0 Å². The van der Waals surface area contributed by atoms with Crippen LogP contribution in [0.3, 0.4) is 0 Å². The fourth-order valence-electron chi connectivity index (χ4n) is 3.53. The molecule has 34 heavy (non-hydrogen) atoms. The van der Waals surface area contributed by atoms with E-state index in [9.17, 15) is 4.79 Å². The molecule has 0 bridgehead atoms. The first-order chi connectivity index (χ1) is 16.5. The van der Waals surface area contributed by atoms with Gasteiger partial charge in [-0.1, -0.05) is 35.9 Å². The Bertz CT molecular complexity index is 1050. The van der Waals surface area contributed by atoms with Gasteiger partial charge in [-0.2, -0.15) is 0 Å². The zero-order valence-electron chi connectivity index (χ0n) is 20.3. The summed E-state index contributed by atoms with van der Waals surface area (Å²) >= 11 is 1.51. The number of hydrogen-bond donors (Lipinski definition) is 1. The normalized spacial score (nSPS) is 11.0. The van der Waals surface area contributed by atoms with Crippen LogP contribution in [-0.4, -0.2) is 56.8 Å². The third kappa shape index (κ3) is 7.55. The van der Waals surface area contributed by atoms with Crippen LogP contribution in [0, 0.1) is 6.92 Å². The molecule has 2 aromatic carbocycles. The van der Waals surface area contributed by atoms with Crippen LogP contribution in [0.25, 0.3) is 0 Å². The van der Waals surface area contributed by atoms with E-state index >= 15 is 0 Å². The molecule has 7 nitrogen and oxygen atoms in total. The summed E-state index contributed by atoms with van der Waals surface area (Å²) in [6.45, 7) is 5.32. The molecule has 0 spiro atoms. The van der Waals surface area contributed by atoms with E-state index < -0.39 is 0 Å². The van der Waals surface area contributed by atoms with Crippen LogP contribution in [0.15, 0.2) is 47.8 Å². The minimum Gasteiger partial charge on any atom is -0.493 e. The van der Waals surface area contributed by atoms with E-state index in [1.807, 2.05) is 17.5 Å². The summed E-state index contributed by atoms with van der Waals surface area (Å²) < 4.78 is 15.8. The Morgan fingerprint density at radius 1 is 1.00 bits per heavy atom. The van der Waals surface area contributed by atoms with Crippen LogP contribution >= 0.6 is 11.3 Å². The fraction of sp³-hybridized carbons (Fsp3) is 0.385. The maximum Gasteiger partial charge on any atom is 0.270 e. The molecule has 3 aromatic rings. The van der Waals surface area contributed by atoms with Crippen molar-refractivity contribution in [2.24, 2.45) is 0 Å². The van der Waals surface area contributed by atoms with E-state index in [-0.39, 0.29) is 5.91 Å². The molecule has 0 aliphatic heterocycles. The van der Waals surface area contributed by atoms with Gasteiger partial charge in [-0.25, -0.2) is 4.98 Å². The van der Waals surface area contributed by atoms with Crippen molar-refractivity contribution in [3.8, 4) is 11.5 Å². The molecule has 1 aromatic heterocycles. The third-order valence-corrected chi connectivity index (χ3v) is 6.26. The van der Waals surface area contributed by atoms with E-state index in [1.165, 1.54) is 28.0 Å². The highest BCUT2D eigenvalue weighted by Crippen LogP contribution is 2.28. The zero-order chi connectivity index (χ0) is 24.3. The fourth-order valence-corrected chi connectivity index (χ4v) is 4.34. The lowest BCUT2D eigenvalue weighted by molar-refractivity contribution is 0.0932. The number of carbonyl (C=O) groups is 1. The van der Waals surface area contributed by atoms with Crippen LogP contribution in [-0.2, 0) is 24.2 Å². The second-order valence-electron chi connectivity index (χ2n) is 8.01. The van der Waals surface area contributed by atoms with Crippen molar-refractivity contribution < 1.29 is 19.0 Å². The SMILES string of the molecule is COCCNC(=O)c1csc(CN(CCc2ccc(OC)c(OC)c2)Cc2ccc(C)cc2)n1. The molecule has 3 rings (SSSR count). The number of aromatic nitrogens is 1. The molecule has 0 saturated heterocycles. The van der Waals surface area contributed by atoms with Crippen molar-refractivity contribution >= 4 is 17.2 Å². The highest BCUT2D eigenvalue weighted by Gasteiger charge is 2.15. The van der Waals surface area contributed by atoms with Crippen molar-refractivity contribution in [2.75, 3.05) is 41.0 Å². The molecular formula is C26H33N3O4S. The van der Waals surface area contributed by atoms with Gasteiger partial charge in [-0.15, -0.1) is 11.3 Å². The van der Waals surface area contributed by atoms with Gasteiger partial charge in [0.15, 0.2) is 11.5 Å². The predicted octanol–water partition coefficient (Wildman–Crippen LogP) is 4.09. The number of rotatable bonds is 13. The number of nitrogens with zero attached hydrogens (tertiary/aromatic N) is 2. The van der Waals surface area contributed by atoms with Crippen molar-refractivity contribution in [3.05, 3.63) is 75.2 Å². The number of amides is 1. The van der Waals surface area contributed by atoms with Gasteiger partial charge in [0.25, 0.3) is 5.91 Å². The highest BCUT2D eigenvalue weighted by molar-refractivity contribution is 7.09. The molecule has 0 radical (unpaired) electrons. The second kappa shape index (κ2) is 13.1. The van der Waals surface area contributed by atoms with Crippen molar-refractivity contribution in [3.63, 3.8) is 0 Å². The van der Waals surface area contributed by atoms with E-state index in [4.69, 9.17) is 14.2 Å². The Labute approximate surface area is 205 Å². The van der Waals surface area contributed by atoms with Crippen molar-refractivity contribution in [1.82, 2.24) is 15.2 Å². The molecule has 1 N–H and O–H groups in total. The first-order valence-corrected chi connectivity index (χ1v) is 12.1. The number of carbonyl (C=O) groups excluding carboxylic acids is 1. The van der Waals surface area contributed by atoms with Crippen LogP contribution in [0.4, 0.5) is 0 Å². The summed E-state index contributed by atoms with van der Waals surface area (Å²) in [7, 11) is 4.90. The molecule has 0 atom stereocenters. The van der Waals surface area contributed by atoms with Gasteiger partial charge in [-0.3, -0.25) is 9.69 Å². The summed E-state index contributed by atoms with van der Waals surface area (Å²) in [6, 6.07) is 14.6. The maximum atomic E-state index is 12.3. The molecule has 8 heteroatoms. The van der Waals surface area contributed by atoms with E-state index in [0.29, 0.717) is 25.4 Å². The van der Waals surface area contributed by atoms with Gasteiger partial charge in [0.1, 0.15) is 10.7 Å². The largest absolute Gasteiger partial charge is 0.493 e. The summed E-state index contributed by atoms with van der Waals surface area (Å²) in [6.07, 6.45) is 0.849. The highest BCUT2D eigenvalue weighted by atomic mass is 32.1. The molecule has 1 amide bonds. The molecule has 1 heterocycles. The molecule has 182 valence electrons. The third-order valence-electron chi connectivity index (χ3n) is 5.43. The van der Waals surface area contributed by atoms with Gasteiger partial charge in [0.2, 0.25) is 0 Å². The van der Waals surface area contributed by atoms with Crippen molar-refractivity contribution in [2.45, 2.75) is 26.4 Å². The number of hydrogen-bond acceptors (Lipinski definition) is 7. The summed E-state index contributed by atoms with van der Waals surface area (Å²) in [5, 5.41) is 5.55. The van der Waals surface area contributed by atoms with Gasteiger partial charge in [0, 0.05) is 32.1 Å². The number of nitrogens with one attached hydrogen (secondary N) is 1. The van der Waals surface area contributed by atoms with Gasteiger partial charge in [0.05, 0.1) is 27.4 Å². The van der Waals surface area contributed by atoms with Crippen LogP contribution in [0.5, 0.6) is 11.5 Å². The van der Waals surface area contributed by atoms with Crippen LogP contribution < -0.4 is 14.8 Å². The summed E-state index contributed by atoms with van der Waals surface area (Å²) in [5.41, 5.74) is 4.10. The molecule has 0 saturated carbocycles. The Morgan fingerprint density at radius 2 is 1.74 bits per heavy atom. The minimum absolute atomic E-state index is 0.171. The Morgan fingerprint density at radius 3 is 2.44 bits per heavy atom. The van der Waals surface area contributed by atoms with Crippen LogP contribution in [0.1, 0.15) is 32.2 Å². The smallest absolute Gasteiger partial charge is 0.270 e. The lowest BCUT2D eigenvalue weighted by Gasteiger charge is -2.22. The van der Waals surface area contributed by atoms with Crippen molar-refractivity contribution in [1.29, 1.82) is 0 Å². The van der Waals surface area contributed by atoms with Gasteiger partial charge < -0.3 is 19.5 Å². The number of methoxy groups -OCH3 is 3.